The van der Waals surface area contributed by atoms with Gasteiger partial charge in [-0.25, -0.2) is 14.4 Å². The molecule has 4 aromatic rings. The highest BCUT2D eigenvalue weighted by Gasteiger charge is 2.31. The maximum Gasteiger partial charge on any atom is 0.573 e. The highest BCUT2D eigenvalue weighted by molar-refractivity contribution is 7.22. The van der Waals surface area contributed by atoms with Crippen molar-refractivity contribution in [1.29, 1.82) is 0 Å². The lowest BCUT2D eigenvalue weighted by Gasteiger charge is -2.07. The molecule has 0 aliphatic carbocycles. The van der Waals surface area contributed by atoms with Gasteiger partial charge in [0.1, 0.15) is 12.4 Å². The summed E-state index contributed by atoms with van der Waals surface area (Å²) in [6.45, 7) is 1.17. The van der Waals surface area contributed by atoms with Crippen LogP contribution in [0, 0.1) is 0 Å². The second-order valence-electron chi connectivity index (χ2n) is 6.58. The number of nitrogens with one attached hydrogen (secondary N) is 1. The summed E-state index contributed by atoms with van der Waals surface area (Å²) in [4.78, 5) is 20.8. The number of aromatic nitrogens is 3. The van der Waals surface area contributed by atoms with Crippen LogP contribution in [0.2, 0.25) is 0 Å². The van der Waals surface area contributed by atoms with Gasteiger partial charge in [0.05, 0.1) is 27.8 Å². The van der Waals surface area contributed by atoms with Gasteiger partial charge in [-0.2, -0.15) is 0 Å². The van der Waals surface area contributed by atoms with E-state index in [2.05, 4.69) is 20.0 Å². The Balaban J connectivity index is 1.68. The summed E-state index contributed by atoms with van der Waals surface area (Å²) in [7, 11) is 0. The van der Waals surface area contributed by atoms with Gasteiger partial charge in [-0.05, 0) is 30.3 Å². The van der Waals surface area contributed by atoms with Gasteiger partial charge in [-0.1, -0.05) is 18.3 Å². The summed E-state index contributed by atoms with van der Waals surface area (Å²) < 4.78 is 56.5. The SMILES string of the molecule is CCC(=O)c1ccc2c(c1)nc(Nc1nc3ccc(OC(F)(F)F)cc3s1)n2CCF. The predicted molar refractivity (Wildman–Crippen MR) is 110 cm³/mol. The van der Waals surface area contributed by atoms with Crippen molar-refractivity contribution < 1.29 is 27.1 Å². The number of halogens is 4. The van der Waals surface area contributed by atoms with Crippen molar-refractivity contribution in [2.24, 2.45) is 0 Å². The molecule has 2 aromatic carbocycles. The van der Waals surface area contributed by atoms with Gasteiger partial charge in [0.25, 0.3) is 0 Å². The quantitative estimate of drug-likeness (QED) is 0.281. The van der Waals surface area contributed by atoms with Gasteiger partial charge < -0.3 is 14.6 Å². The second kappa shape index (κ2) is 8.14. The van der Waals surface area contributed by atoms with E-state index in [-0.39, 0.29) is 18.1 Å². The topological polar surface area (TPSA) is 69.0 Å². The molecule has 6 nitrogen and oxygen atoms in total. The highest BCUT2D eigenvalue weighted by Crippen LogP contribution is 2.33. The molecule has 162 valence electrons. The molecule has 0 amide bonds. The number of carbonyl (C=O) groups excluding carboxylic acids is 1. The first-order chi connectivity index (χ1) is 14.8. The normalized spacial score (nSPS) is 11.9. The third kappa shape index (κ3) is 4.46. The fourth-order valence-corrected chi connectivity index (χ4v) is 4.05. The minimum absolute atomic E-state index is 0.0282. The number of fused-ring (bicyclic) bond motifs is 2. The van der Waals surface area contributed by atoms with E-state index in [4.69, 9.17) is 0 Å². The lowest BCUT2D eigenvalue weighted by atomic mass is 10.1. The standard InChI is InChI=1S/C20H16F4N4O2S/c1-2-16(29)11-3-6-15-14(9-11)25-18(28(15)8-7-21)27-19-26-13-5-4-12(10-17(13)31-19)30-20(22,23)24/h3-6,9-10H,2,7-8H2,1H3,(H,25,26,27). The van der Waals surface area contributed by atoms with E-state index in [0.717, 1.165) is 11.3 Å². The van der Waals surface area contributed by atoms with Crippen LogP contribution in [-0.4, -0.2) is 33.4 Å². The molecule has 2 heterocycles. The number of ether oxygens (including phenoxy) is 1. The Hall–Kier alpha value is -3.21. The molecule has 31 heavy (non-hydrogen) atoms. The van der Waals surface area contributed by atoms with E-state index in [9.17, 15) is 22.4 Å². The minimum atomic E-state index is -4.78. The fraction of sp³-hybridized carbons (Fsp3) is 0.250. The summed E-state index contributed by atoms with van der Waals surface area (Å²) >= 11 is 1.11. The van der Waals surface area contributed by atoms with E-state index >= 15 is 0 Å². The molecule has 0 saturated carbocycles. The first-order valence-electron chi connectivity index (χ1n) is 9.30. The number of thiazole rings is 1. The fourth-order valence-electron chi connectivity index (χ4n) is 3.16. The van der Waals surface area contributed by atoms with Crippen molar-refractivity contribution in [3.05, 3.63) is 42.0 Å². The Bertz CT molecular complexity index is 1270. The van der Waals surface area contributed by atoms with Gasteiger partial charge in [0.15, 0.2) is 10.9 Å². The van der Waals surface area contributed by atoms with E-state index in [0.29, 0.717) is 44.3 Å². The molecular formula is C20H16F4N4O2S. The summed E-state index contributed by atoms with van der Waals surface area (Å²) in [6.07, 6.45) is -4.43. The van der Waals surface area contributed by atoms with E-state index in [1.54, 1.807) is 29.7 Å². The number of Topliss-reactive ketones (excluding diaryl/α,β-unsaturated/α-hetero) is 1. The molecule has 0 radical (unpaired) electrons. The number of hydrogen-bond donors (Lipinski definition) is 1. The van der Waals surface area contributed by atoms with Gasteiger partial charge in [0, 0.05) is 18.1 Å². The molecular weight excluding hydrogens is 436 g/mol. The van der Waals surface area contributed by atoms with Crippen LogP contribution in [0.4, 0.5) is 28.6 Å². The Labute approximate surface area is 177 Å². The first kappa shape index (κ1) is 21.0. The van der Waals surface area contributed by atoms with Gasteiger partial charge in [0.2, 0.25) is 5.95 Å². The molecule has 0 saturated heterocycles. The van der Waals surface area contributed by atoms with Crippen molar-refractivity contribution >= 4 is 49.4 Å². The average Bonchev–Trinajstić information content (AvgIpc) is 3.26. The number of benzene rings is 2. The van der Waals surface area contributed by atoms with E-state index in [1.807, 2.05) is 0 Å². The number of anilines is 2. The van der Waals surface area contributed by atoms with Gasteiger partial charge in [-0.15, -0.1) is 13.2 Å². The number of rotatable bonds is 7. The minimum Gasteiger partial charge on any atom is -0.406 e. The van der Waals surface area contributed by atoms with E-state index in [1.165, 1.54) is 18.2 Å². The lowest BCUT2D eigenvalue weighted by Crippen LogP contribution is -2.16. The number of carbonyl (C=O) groups is 1. The van der Waals surface area contributed by atoms with Crippen molar-refractivity contribution in [1.82, 2.24) is 14.5 Å². The van der Waals surface area contributed by atoms with Crippen LogP contribution < -0.4 is 10.1 Å². The zero-order valence-electron chi connectivity index (χ0n) is 16.2. The molecule has 1 N–H and O–H groups in total. The monoisotopic (exact) mass is 452 g/mol. The van der Waals surface area contributed by atoms with Crippen LogP contribution in [0.1, 0.15) is 23.7 Å². The molecule has 0 aliphatic rings. The Morgan fingerprint density at radius 3 is 2.68 bits per heavy atom. The smallest absolute Gasteiger partial charge is 0.406 e. The van der Waals surface area contributed by atoms with E-state index < -0.39 is 13.0 Å². The van der Waals surface area contributed by atoms with Crippen molar-refractivity contribution in [2.45, 2.75) is 26.3 Å². The maximum atomic E-state index is 13.2. The van der Waals surface area contributed by atoms with Crippen LogP contribution in [0.3, 0.4) is 0 Å². The Kier molecular flexibility index (Phi) is 5.52. The zero-order chi connectivity index (χ0) is 22.2. The molecule has 2 aromatic heterocycles. The molecule has 0 aliphatic heterocycles. The lowest BCUT2D eigenvalue weighted by molar-refractivity contribution is -0.274. The van der Waals surface area contributed by atoms with Crippen LogP contribution in [0.5, 0.6) is 5.75 Å². The van der Waals surface area contributed by atoms with Crippen LogP contribution >= 0.6 is 11.3 Å². The summed E-state index contributed by atoms with van der Waals surface area (Å²) in [5, 5.41) is 3.39. The molecule has 0 bridgehead atoms. The molecule has 11 heteroatoms. The molecule has 0 unspecified atom stereocenters. The zero-order valence-corrected chi connectivity index (χ0v) is 17.0. The summed E-state index contributed by atoms with van der Waals surface area (Å²) in [6, 6.07) is 8.90. The van der Waals surface area contributed by atoms with Crippen LogP contribution in [-0.2, 0) is 6.54 Å². The number of nitrogens with zero attached hydrogens (tertiary/aromatic N) is 3. The number of hydrogen-bond acceptors (Lipinski definition) is 6. The Morgan fingerprint density at radius 2 is 1.97 bits per heavy atom. The second-order valence-corrected chi connectivity index (χ2v) is 7.61. The largest absolute Gasteiger partial charge is 0.573 e. The molecule has 4 rings (SSSR count). The number of aryl methyl sites for hydroxylation is 1. The number of alkyl halides is 4. The van der Waals surface area contributed by atoms with Crippen LogP contribution in [0.25, 0.3) is 21.3 Å². The number of imidazole rings is 1. The molecule has 0 fully saturated rings. The number of ketones is 1. The van der Waals surface area contributed by atoms with Gasteiger partial charge >= 0.3 is 6.36 Å². The van der Waals surface area contributed by atoms with Gasteiger partial charge in [-0.3, -0.25) is 4.79 Å². The third-order valence-electron chi connectivity index (χ3n) is 4.51. The van der Waals surface area contributed by atoms with Crippen molar-refractivity contribution in [3.8, 4) is 5.75 Å². The maximum absolute atomic E-state index is 13.2. The van der Waals surface area contributed by atoms with Crippen molar-refractivity contribution in [2.75, 3.05) is 12.0 Å². The third-order valence-corrected chi connectivity index (χ3v) is 5.45. The summed E-state index contributed by atoms with van der Waals surface area (Å²) in [5.41, 5.74) is 2.17. The first-order valence-corrected chi connectivity index (χ1v) is 10.1. The highest BCUT2D eigenvalue weighted by atomic mass is 32.1. The Morgan fingerprint density at radius 1 is 1.16 bits per heavy atom. The average molecular weight is 452 g/mol. The van der Waals surface area contributed by atoms with Crippen LogP contribution in [0.15, 0.2) is 36.4 Å². The molecule has 0 atom stereocenters. The van der Waals surface area contributed by atoms with Crippen molar-refractivity contribution in [3.63, 3.8) is 0 Å². The summed E-state index contributed by atoms with van der Waals surface area (Å²) in [5.74, 6) is -0.0490. The predicted octanol–water partition coefficient (Wildman–Crippen LogP) is 5.85. The molecule has 0 spiro atoms.